The quantitative estimate of drug-likeness (QED) is 0.692. The van der Waals surface area contributed by atoms with Crippen molar-refractivity contribution in [1.82, 2.24) is 19.4 Å². The van der Waals surface area contributed by atoms with E-state index in [-0.39, 0.29) is 0 Å². The van der Waals surface area contributed by atoms with Gasteiger partial charge < -0.3 is 9.30 Å². The molecule has 1 unspecified atom stereocenters. The van der Waals surface area contributed by atoms with Crippen molar-refractivity contribution in [3.05, 3.63) is 53.4 Å². The molecule has 26 heavy (non-hydrogen) atoms. The molecule has 3 atom stereocenters. The predicted octanol–water partition coefficient (Wildman–Crippen LogP) is 3.38. The maximum atomic E-state index is 5.93. The molecule has 0 spiro atoms. The fraction of sp³-hybridized carbons (Fsp3) is 0.400. The third-order valence-electron chi connectivity index (χ3n) is 5.79. The van der Waals surface area contributed by atoms with Gasteiger partial charge in [-0.25, -0.2) is 9.97 Å². The summed E-state index contributed by atoms with van der Waals surface area (Å²) in [6, 6.07) is 11.6. The monoisotopic (exact) mass is 368 g/mol. The van der Waals surface area contributed by atoms with E-state index in [4.69, 9.17) is 21.3 Å². The Morgan fingerprint density at radius 2 is 1.92 bits per heavy atom. The van der Waals surface area contributed by atoms with Crippen LogP contribution in [0, 0.1) is 17.8 Å². The summed E-state index contributed by atoms with van der Waals surface area (Å²) in [5, 5.41) is 0.744. The molecule has 134 valence electrons. The summed E-state index contributed by atoms with van der Waals surface area (Å²) in [5.41, 5.74) is 1.93. The molecule has 1 aliphatic heterocycles. The first-order valence-corrected chi connectivity index (χ1v) is 9.44. The summed E-state index contributed by atoms with van der Waals surface area (Å²) in [5.74, 6) is 4.20. The molecule has 1 aliphatic carbocycles. The zero-order chi connectivity index (χ0) is 17.7. The van der Waals surface area contributed by atoms with Gasteiger partial charge in [0, 0.05) is 37.3 Å². The Morgan fingerprint density at radius 1 is 1.15 bits per heavy atom. The highest BCUT2D eigenvalue weighted by Crippen LogP contribution is 2.52. The van der Waals surface area contributed by atoms with Gasteiger partial charge in [0.05, 0.1) is 13.2 Å². The fourth-order valence-corrected chi connectivity index (χ4v) is 4.37. The number of likely N-dealkylation sites (tertiary alicyclic amines) is 1. The van der Waals surface area contributed by atoms with Crippen LogP contribution < -0.4 is 4.74 Å². The lowest BCUT2D eigenvalue weighted by atomic mass is 10.2. The number of hydrogen-bond acceptors (Lipinski definition) is 4. The Labute approximate surface area is 157 Å². The van der Waals surface area contributed by atoms with Crippen LogP contribution in [0.4, 0.5) is 0 Å². The van der Waals surface area contributed by atoms with Crippen LogP contribution in [0.15, 0.2) is 42.6 Å². The van der Waals surface area contributed by atoms with Gasteiger partial charge in [-0.15, -0.1) is 0 Å². The van der Waals surface area contributed by atoms with E-state index in [9.17, 15) is 0 Å². The van der Waals surface area contributed by atoms with Crippen LogP contribution in [0.2, 0.25) is 5.02 Å². The number of hydrogen-bond donors (Lipinski definition) is 0. The maximum Gasteiger partial charge on any atom is 0.159 e. The van der Waals surface area contributed by atoms with Crippen molar-refractivity contribution in [2.45, 2.75) is 6.54 Å². The van der Waals surface area contributed by atoms with Crippen LogP contribution in [0.25, 0.3) is 11.2 Å². The largest absolute Gasteiger partial charge is 0.493 e. The van der Waals surface area contributed by atoms with Crippen LogP contribution in [-0.4, -0.2) is 39.1 Å². The Morgan fingerprint density at radius 3 is 2.65 bits per heavy atom. The number of imidazole rings is 1. The van der Waals surface area contributed by atoms with Crippen LogP contribution in [0.5, 0.6) is 5.75 Å². The number of fused-ring (bicyclic) bond motifs is 2. The second-order valence-electron chi connectivity index (χ2n) is 7.38. The van der Waals surface area contributed by atoms with Gasteiger partial charge in [-0.1, -0.05) is 11.6 Å². The first-order valence-electron chi connectivity index (χ1n) is 9.06. The number of piperidine rings is 1. The van der Waals surface area contributed by atoms with Gasteiger partial charge >= 0.3 is 0 Å². The fourth-order valence-electron chi connectivity index (χ4n) is 4.25. The molecule has 2 fully saturated rings. The number of aromatic nitrogens is 3. The Hall–Kier alpha value is -2.11. The number of halogens is 1. The summed E-state index contributed by atoms with van der Waals surface area (Å²) in [6.07, 6.45) is 1.82. The number of rotatable bonds is 5. The standard InChI is InChI=1S/C20H21ClN4O/c1-24-19(23-18-3-2-8-22-20(18)24)11-25-9-15-16(10-25)17(15)12-26-14-6-4-13(21)5-7-14/h2-8,15-17H,9-12H2,1H3/t15-,16+,17?. The molecule has 0 N–H and O–H groups in total. The van der Waals surface area contributed by atoms with Crippen LogP contribution in [-0.2, 0) is 13.6 Å². The molecule has 0 amide bonds. The smallest absolute Gasteiger partial charge is 0.159 e. The number of ether oxygens (including phenoxy) is 1. The summed E-state index contributed by atoms with van der Waals surface area (Å²) in [7, 11) is 2.05. The van der Waals surface area contributed by atoms with Gasteiger partial charge in [0.1, 0.15) is 17.1 Å². The molecule has 5 nitrogen and oxygen atoms in total. The minimum absolute atomic E-state index is 0.684. The van der Waals surface area contributed by atoms with Crippen molar-refractivity contribution in [2.75, 3.05) is 19.7 Å². The van der Waals surface area contributed by atoms with Gasteiger partial charge in [0.2, 0.25) is 0 Å². The average molecular weight is 369 g/mol. The molecular formula is C20H21ClN4O. The van der Waals surface area contributed by atoms with Crippen LogP contribution in [0.1, 0.15) is 5.82 Å². The zero-order valence-corrected chi connectivity index (χ0v) is 15.4. The number of pyridine rings is 1. The second-order valence-corrected chi connectivity index (χ2v) is 7.82. The minimum Gasteiger partial charge on any atom is -0.493 e. The van der Waals surface area contributed by atoms with Crippen LogP contribution >= 0.6 is 11.6 Å². The lowest BCUT2D eigenvalue weighted by Gasteiger charge is -2.19. The highest BCUT2D eigenvalue weighted by atomic mass is 35.5. The van der Waals surface area contributed by atoms with Crippen molar-refractivity contribution in [2.24, 2.45) is 24.8 Å². The zero-order valence-electron chi connectivity index (χ0n) is 14.7. The average Bonchev–Trinajstić information content (AvgIpc) is 2.98. The first kappa shape index (κ1) is 16.1. The maximum absolute atomic E-state index is 5.93. The van der Waals surface area contributed by atoms with Crippen molar-refractivity contribution in [3.8, 4) is 5.75 Å². The molecule has 0 bridgehead atoms. The molecule has 1 saturated carbocycles. The van der Waals surface area contributed by atoms with Gasteiger partial charge in [0.15, 0.2) is 5.65 Å². The van der Waals surface area contributed by atoms with E-state index in [2.05, 4.69) is 21.5 Å². The van der Waals surface area contributed by atoms with Crippen molar-refractivity contribution < 1.29 is 4.74 Å². The van der Waals surface area contributed by atoms with Gasteiger partial charge in [0.25, 0.3) is 0 Å². The molecule has 1 aromatic carbocycles. The van der Waals surface area contributed by atoms with E-state index >= 15 is 0 Å². The summed E-state index contributed by atoms with van der Waals surface area (Å²) >= 11 is 5.91. The molecule has 2 aromatic heterocycles. The topological polar surface area (TPSA) is 43.2 Å². The molecule has 0 radical (unpaired) electrons. The highest BCUT2D eigenvalue weighted by Gasteiger charge is 2.55. The molecule has 5 rings (SSSR count). The number of aryl methyl sites for hydroxylation is 1. The lowest BCUT2D eigenvalue weighted by molar-refractivity contribution is 0.226. The van der Waals surface area contributed by atoms with Gasteiger partial charge in [-0.3, -0.25) is 4.90 Å². The Bertz CT molecular complexity index is 927. The van der Waals surface area contributed by atoms with E-state index in [0.29, 0.717) is 5.92 Å². The van der Waals surface area contributed by atoms with Crippen molar-refractivity contribution in [3.63, 3.8) is 0 Å². The van der Waals surface area contributed by atoms with Gasteiger partial charge in [-0.2, -0.15) is 0 Å². The molecule has 3 aromatic rings. The molecule has 3 heterocycles. The summed E-state index contributed by atoms with van der Waals surface area (Å²) in [6.45, 7) is 3.97. The van der Waals surface area contributed by atoms with Crippen LogP contribution in [0.3, 0.4) is 0 Å². The highest BCUT2D eigenvalue weighted by molar-refractivity contribution is 6.30. The van der Waals surface area contributed by atoms with Crippen molar-refractivity contribution in [1.29, 1.82) is 0 Å². The number of nitrogens with zero attached hydrogens (tertiary/aromatic N) is 4. The predicted molar refractivity (Wildman–Crippen MR) is 101 cm³/mol. The third-order valence-corrected chi connectivity index (χ3v) is 6.04. The van der Waals surface area contributed by atoms with E-state index in [1.165, 1.54) is 0 Å². The summed E-state index contributed by atoms with van der Waals surface area (Å²) < 4.78 is 8.04. The van der Waals surface area contributed by atoms with E-state index < -0.39 is 0 Å². The number of benzene rings is 1. The van der Waals surface area contributed by atoms with E-state index in [1.807, 2.05) is 42.6 Å². The Kier molecular flexibility index (Phi) is 3.87. The molecule has 1 saturated heterocycles. The van der Waals surface area contributed by atoms with E-state index in [0.717, 1.165) is 65.8 Å². The second kappa shape index (κ2) is 6.25. The third kappa shape index (κ3) is 2.85. The normalized spacial score (nSPS) is 24.8. The first-order chi connectivity index (χ1) is 12.7. The molecular weight excluding hydrogens is 348 g/mol. The van der Waals surface area contributed by atoms with Gasteiger partial charge in [-0.05, 0) is 48.2 Å². The molecule has 6 heteroatoms. The Balaban J connectivity index is 1.16. The summed E-state index contributed by atoms with van der Waals surface area (Å²) in [4.78, 5) is 11.7. The molecule has 2 aliphatic rings. The minimum atomic E-state index is 0.684. The van der Waals surface area contributed by atoms with Crippen molar-refractivity contribution >= 4 is 22.8 Å². The lowest BCUT2D eigenvalue weighted by Crippen LogP contribution is -2.26. The SMILES string of the molecule is Cn1c(CN2C[C@@H]3C(COc4ccc(Cl)cc4)[C@@H]3C2)nc2cccnc21. The van der Waals surface area contributed by atoms with E-state index in [1.54, 1.807) is 0 Å².